The van der Waals surface area contributed by atoms with Crippen molar-refractivity contribution in [1.82, 2.24) is 4.90 Å². The number of hydrogen-bond acceptors (Lipinski definition) is 5. The molecule has 0 aliphatic carbocycles. The van der Waals surface area contributed by atoms with Crippen LogP contribution in [0.15, 0.2) is 42.5 Å². The van der Waals surface area contributed by atoms with Gasteiger partial charge in [0.2, 0.25) is 6.79 Å². The van der Waals surface area contributed by atoms with Gasteiger partial charge in [0.05, 0.1) is 0 Å². The van der Waals surface area contributed by atoms with E-state index in [1.165, 1.54) is 24.2 Å². The van der Waals surface area contributed by atoms with E-state index < -0.39 is 0 Å². The van der Waals surface area contributed by atoms with Crippen LogP contribution in [-0.2, 0) is 0 Å². The highest BCUT2D eigenvalue weighted by atomic mass is 16.7. The van der Waals surface area contributed by atoms with Crippen molar-refractivity contribution in [3.8, 4) is 11.5 Å². The Morgan fingerprint density at radius 3 is 2.07 bits per heavy atom. The highest BCUT2D eigenvalue weighted by molar-refractivity contribution is 5.90. The summed E-state index contributed by atoms with van der Waals surface area (Å²) >= 11 is 0. The van der Waals surface area contributed by atoms with E-state index >= 15 is 0 Å². The SMILES string of the molecule is O=C(Nc1ccc2c(c1)OCO2)N1CCN(c2ccc(N3CCCC3)cc2)CC1. The van der Waals surface area contributed by atoms with Crippen LogP contribution in [0.4, 0.5) is 21.9 Å². The molecule has 0 aromatic heterocycles. The molecule has 7 heteroatoms. The maximum atomic E-state index is 12.6. The average molecular weight is 394 g/mol. The number of hydrogen-bond donors (Lipinski definition) is 1. The molecule has 29 heavy (non-hydrogen) atoms. The number of benzene rings is 2. The largest absolute Gasteiger partial charge is 0.454 e. The second-order valence-corrected chi connectivity index (χ2v) is 7.68. The summed E-state index contributed by atoms with van der Waals surface area (Å²) in [6.45, 7) is 5.62. The van der Waals surface area contributed by atoms with Gasteiger partial charge in [-0.15, -0.1) is 0 Å². The third-order valence-corrected chi connectivity index (χ3v) is 5.88. The molecule has 0 saturated carbocycles. The van der Waals surface area contributed by atoms with Crippen molar-refractivity contribution in [2.24, 2.45) is 0 Å². The molecule has 0 radical (unpaired) electrons. The summed E-state index contributed by atoms with van der Waals surface area (Å²) in [5.41, 5.74) is 3.26. The number of carbonyl (C=O) groups excluding carboxylic acids is 1. The lowest BCUT2D eigenvalue weighted by atomic mass is 10.2. The van der Waals surface area contributed by atoms with Crippen molar-refractivity contribution < 1.29 is 14.3 Å². The van der Waals surface area contributed by atoms with Crippen molar-refractivity contribution in [1.29, 1.82) is 0 Å². The van der Waals surface area contributed by atoms with Gasteiger partial charge in [-0.1, -0.05) is 0 Å². The van der Waals surface area contributed by atoms with E-state index in [0.29, 0.717) is 24.6 Å². The van der Waals surface area contributed by atoms with Gasteiger partial charge in [-0.2, -0.15) is 0 Å². The molecular formula is C22H26N4O3. The molecule has 3 heterocycles. The number of ether oxygens (including phenoxy) is 2. The monoisotopic (exact) mass is 394 g/mol. The molecule has 2 saturated heterocycles. The third-order valence-electron chi connectivity index (χ3n) is 5.88. The predicted octanol–water partition coefficient (Wildman–Crippen LogP) is 3.37. The number of rotatable bonds is 3. The molecule has 152 valence electrons. The summed E-state index contributed by atoms with van der Waals surface area (Å²) in [4.78, 5) is 19.3. The van der Waals surface area contributed by atoms with Gasteiger partial charge >= 0.3 is 6.03 Å². The lowest BCUT2D eigenvalue weighted by molar-refractivity contribution is 0.174. The Balaban J connectivity index is 1.15. The van der Waals surface area contributed by atoms with E-state index in [-0.39, 0.29) is 12.8 Å². The molecule has 0 atom stereocenters. The highest BCUT2D eigenvalue weighted by Gasteiger charge is 2.22. The minimum atomic E-state index is -0.0760. The molecule has 0 bridgehead atoms. The average Bonchev–Trinajstić information content (AvgIpc) is 3.46. The van der Waals surface area contributed by atoms with E-state index in [0.717, 1.165) is 31.9 Å². The molecule has 2 aromatic rings. The minimum absolute atomic E-state index is 0.0760. The first-order valence-electron chi connectivity index (χ1n) is 10.3. The van der Waals surface area contributed by atoms with Crippen LogP contribution in [0, 0.1) is 0 Å². The Kier molecular flexibility index (Phi) is 4.79. The zero-order valence-corrected chi connectivity index (χ0v) is 16.5. The minimum Gasteiger partial charge on any atom is -0.454 e. The lowest BCUT2D eigenvalue weighted by Gasteiger charge is -2.36. The molecule has 0 spiro atoms. The Morgan fingerprint density at radius 1 is 0.759 bits per heavy atom. The van der Waals surface area contributed by atoms with E-state index in [1.54, 1.807) is 6.07 Å². The number of nitrogens with one attached hydrogen (secondary N) is 1. The zero-order chi connectivity index (χ0) is 19.6. The van der Waals surface area contributed by atoms with Gasteiger partial charge in [0.15, 0.2) is 11.5 Å². The molecular weight excluding hydrogens is 368 g/mol. The van der Waals surface area contributed by atoms with Crippen LogP contribution in [0.25, 0.3) is 0 Å². The molecule has 3 aliphatic heterocycles. The summed E-state index contributed by atoms with van der Waals surface area (Å²) < 4.78 is 10.7. The van der Waals surface area contributed by atoms with Crippen LogP contribution in [-0.4, -0.2) is 57.0 Å². The Hall–Kier alpha value is -3.09. The van der Waals surface area contributed by atoms with Gasteiger partial charge in [0, 0.05) is 62.4 Å². The van der Waals surface area contributed by atoms with Crippen LogP contribution in [0.1, 0.15) is 12.8 Å². The fourth-order valence-electron chi connectivity index (χ4n) is 4.19. The first-order chi connectivity index (χ1) is 14.3. The standard InChI is InChI=1S/C22H26N4O3/c27-22(23-17-3-8-20-21(15-17)29-16-28-20)26-13-11-25(12-14-26)19-6-4-18(5-7-19)24-9-1-2-10-24/h3-8,15H,1-2,9-14,16H2,(H,23,27). The fraction of sp³-hybridized carbons (Fsp3) is 0.409. The van der Waals surface area contributed by atoms with Gasteiger partial charge in [0.25, 0.3) is 0 Å². The van der Waals surface area contributed by atoms with Crippen molar-refractivity contribution >= 4 is 23.1 Å². The third kappa shape index (κ3) is 3.77. The number of anilines is 3. The summed E-state index contributed by atoms with van der Waals surface area (Å²) in [6, 6.07) is 14.2. The highest BCUT2D eigenvalue weighted by Crippen LogP contribution is 2.34. The maximum Gasteiger partial charge on any atom is 0.321 e. The fourth-order valence-corrected chi connectivity index (χ4v) is 4.19. The smallest absolute Gasteiger partial charge is 0.321 e. The summed E-state index contributed by atoms with van der Waals surface area (Å²) in [7, 11) is 0. The van der Waals surface area contributed by atoms with Gasteiger partial charge in [-0.3, -0.25) is 0 Å². The van der Waals surface area contributed by atoms with Crippen molar-refractivity contribution in [2.45, 2.75) is 12.8 Å². The Bertz CT molecular complexity index is 872. The van der Waals surface area contributed by atoms with Crippen LogP contribution in [0.5, 0.6) is 11.5 Å². The van der Waals surface area contributed by atoms with E-state index in [9.17, 15) is 4.79 Å². The zero-order valence-electron chi connectivity index (χ0n) is 16.5. The Labute approximate surface area is 170 Å². The number of carbonyl (C=O) groups is 1. The van der Waals surface area contributed by atoms with Crippen molar-refractivity contribution in [2.75, 3.05) is 61.2 Å². The number of fused-ring (bicyclic) bond motifs is 1. The van der Waals surface area contributed by atoms with Crippen LogP contribution in [0.3, 0.4) is 0 Å². The summed E-state index contributed by atoms with van der Waals surface area (Å²) in [6.07, 6.45) is 2.58. The molecule has 2 aromatic carbocycles. The molecule has 0 unspecified atom stereocenters. The van der Waals surface area contributed by atoms with E-state index in [1.807, 2.05) is 17.0 Å². The number of amides is 2. The quantitative estimate of drug-likeness (QED) is 0.865. The van der Waals surface area contributed by atoms with Gasteiger partial charge in [0.1, 0.15) is 0 Å². The second kappa shape index (κ2) is 7.73. The summed E-state index contributed by atoms with van der Waals surface area (Å²) in [5.74, 6) is 1.39. The molecule has 7 nitrogen and oxygen atoms in total. The summed E-state index contributed by atoms with van der Waals surface area (Å²) in [5, 5.41) is 2.96. The van der Waals surface area contributed by atoms with E-state index in [2.05, 4.69) is 39.4 Å². The van der Waals surface area contributed by atoms with Gasteiger partial charge < -0.3 is 29.5 Å². The Morgan fingerprint density at radius 2 is 1.38 bits per heavy atom. The van der Waals surface area contributed by atoms with E-state index in [4.69, 9.17) is 9.47 Å². The van der Waals surface area contributed by atoms with Crippen LogP contribution in [0.2, 0.25) is 0 Å². The lowest BCUT2D eigenvalue weighted by Crippen LogP contribution is -2.50. The molecule has 1 N–H and O–H groups in total. The second-order valence-electron chi connectivity index (χ2n) is 7.68. The van der Waals surface area contributed by atoms with Crippen molar-refractivity contribution in [3.63, 3.8) is 0 Å². The number of piperazine rings is 1. The molecule has 5 rings (SSSR count). The first-order valence-corrected chi connectivity index (χ1v) is 10.3. The molecule has 2 fully saturated rings. The normalized spacial score (nSPS) is 18.3. The first kappa shape index (κ1) is 18.0. The molecule has 3 aliphatic rings. The van der Waals surface area contributed by atoms with Crippen LogP contribution < -0.4 is 24.6 Å². The number of urea groups is 1. The topological polar surface area (TPSA) is 57.3 Å². The van der Waals surface area contributed by atoms with Crippen LogP contribution >= 0.6 is 0 Å². The predicted molar refractivity (Wildman–Crippen MR) is 113 cm³/mol. The molecule has 2 amide bonds. The number of nitrogens with zero attached hydrogens (tertiary/aromatic N) is 3. The van der Waals surface area contributed by atoms with Crippen molar-refractivity contribution in [3.05, 3.63) is 42.5 Å². The van der Waals surface area contributed by atoms with Gasteiger partial charge in [-0.25, -0.2) is 4.79 Å². The maximum absolute atomic E-state index is 12.6. The van der Waals surface area contributed by atoms with Gasteiger partial charge in [-0.05, 0) is 49.2 Å².